The van der Waals surface area contributed by atoms with Gasteiger partial charge < -0.3 is 14.9 Å². The van der Waals surface area contributed by atoms with Gasteiger partial charge in [-0.1, -0.05) is 54.6 Å². The van der Waals surface area contributed by atoms with Crippen molar-refractivity contribution in [3.63, 3.8) is 0 Å². The van der Waals surface area contributed by atoms with E-state index in [2.05, 4.69) is 0 Å². The van der Waals surface area contributed by atoms with Crippen molar-refractivity contribution in [1.82, 2.24) is 0 Å². The number of rotatable bonds is 6. The van der Waals surface area contributed by atoms with Gasteiger partial charge in [0.1, 0.15) is 18.2 Å². The summed E-state index contributed by atoms with van der Waals surface area (Å²) in [4.78, 5) is 12.9. The summed E-state index contributed by atoms with van der Waals surface area (Å²) in [6.07, 6.45) is 0.798. The Bertz CT molecular complexity index is 986. The second-order valence-corrected chi connectivity index (χ2v) is 6.33. The molecule has 3 rings (SSSR count). The van der Waals surface area contributed by atoms with Crippen molar-refractivity contribution < 1.29 is 28.5 Å². The molecule has 6 heteroatoms. The van der Waals surface area contributed by atoms with E-state index in [1.807, 2.05) is 0 Å². The van der Waals surface area contributed by atoms with Crippen LogP contribution in [0.25, 0.3) is 5.57 Å². The summed E-state index contributed by atoms with van der Waals surface area (Å²) in [5.74, 6) is -2.49. The second kappa shape index (κ2) is 8.67. The largest absolute Gasteiger partial charge is 0.515 e. The first-order valence-corrected chi connectivity index (χ1v) is 8.75. The minimum Gasteiger partial charge on any atom is -0.515 e. The summed E-state index contributed by atoms with van der Waals surface area (Å²) in [6, 6.07) is 18.3. The molecule has 0 fully saturated rings. The Labute approximate surface area is 166 Å². The fourth-order valence-corrected chi connectivity index (χ4v) is 2.92. The molecule has 0 unspecified atom stereocenters. The highest BCUT2D eigenvalue weighted by Gasteiger charge is 2.42. The van der Waals surface area contributed by atoms with Gasteiger partial charge >= 0.3 is 5.97 Å². The minimum atomic E-state index is -2.44. The van der Waals surface area contributed by atoms with E-state index >= 15 is 0 Å². The van der Waals surface area contributed by atoms with Crippen LogP contribution in [0, 0.1) is 11.6 Å². The Kier molecular flexibility index (Phi) is 6.04. The number of hydrogen-bond acceptors (Lipinski definition) is 4. The first kappa shape index (κ1) is 20.2. The molecule has 0 amide bonds. The number of aliphatic hydroxyl groups is 2. The molecule has 0 bridgehead atoms. The molecule has 0 radical (unpaired) electrons. The lowest BCUT2D eigenvalue weighted by Gasteiger charge is -2.27. The van der Waals surface area contributed by atoms with E-state index in [1.165, 1.54) is 24.3 Å². The maximum Gasteiger partial charge on any atom is 0.348 e. The molecule has 0 aliphatic rings. The third-order valence-corrected chi connectivity index (χ3v) is 4.44. The predicted octanol–water partition coefficient (Wildman–Crippen LogP) is 4.34. The lowest BCUT2D eigenvalue weighted by molar-refractivity contribution is -0.160. The average molecular weight is 396 g/mol. The number of carbonyl (C=O) groups is 1. The molecule has 0 atom stereocenters. The van der Waals surface area contributed by atoms with Crippen molar-refractivity contribution in [1.29, 1.82) is 0 Å². The standard InChI is InChI=1S/C23H18F2O4/c24-20-10-4-8-18(12-20)23(28,19-9-5-11-21(25)13-19)22(27)29-15-17(14-26)16-6-2-1-3-7-16/h1-14,26,28H,15H2. The fraction of sp³-hybridized carbons (Fsp3) is 0.0870. The molecule has 0 saturated carbocycles. The second-order valence-electron chi connectivity index (χ2n) is 6.33. The first-order chi connectivity index (χ1) is 13.9. The summed E-state index contributed by atoms with van der Waals surface area (Å²) >= 11 is 0. The predicted molar refractivity (Wildman–Crippen MR) is 104 cm³/mol. The lowest BCUT2D eigenvalue weighted by atomic mass is 9.86. The Morgan fingerprint density at radius 3 is 1.93 bits per heavy atom. The average Bonchev–Trinajstić information content (AvgIpc) is 2.74. The molecular weight excluding hydrogens is 378 g/mol. The van der Waals surface area contributed by atoms with Gasteiger partial charge in [0.2, 0.25) is 5.60 Å². The number of halogens is 2. The van der Waals surface area contributed by atoms with Crippen LogP contribution >= 0.6 is 0 Å². The van der Waals surface area contributed by atoms with Crippen LogP contribution in [0.2, 0.25) is 0 Å². The normalized spacial score (nSPS) is 11.9. The molecule has 0 aliphatic carbocycles. The molecule has 0 heterocycles. The van der Waals surface area contributed by atoms with Crippen LogP contribution < -0.4 is 0 Å². The van der Waals surface area contributed by atoms with Gasteiger partial charge in [0.05, 0.1) is 6.26 Å². The van der Waals surface area contributed by atoms with Crippen molar-refractivity contribution >= 4 is 11.5 Å². The molecule has 148 valence electrons. The van der Waals surface area contributed by atoms with E-state index in [4.69, 9.17) is 4.74 Å². The molecule has 0 saturated heterocycles. The number of aliphatic hydroxyl groups excluding tert-OH is 1. The summed E-state index contributed by atoms with van der Waals surface area (Å²) < 4.78 is 32.8. The zero-order valence-corrected chi connectivity index (χ0v) is 15.3. The monoisotopic (exact) mass is 396 g/mol. The van der Waals surface area contributed by atoms with E-state index in [0.717, 1.165) is 30.5 Å². The third kappa shape index (κ3) is 4.33. The molecule has 0 spiro atoms. The van der Waals surface area contributed by atoms with Crippen LogP contribution in [0.4, 0.5) is 8.78 Å². The van der Waals surface area contributed by atoms with E-state index in [1.54, 1.807) is 30.3 Å². The maximum atomic E-state index is 13.8. The van der Waals surface area contributed by atoms with Gasteiger partial charge in [0.15, 0.2) is 0 Å². The number of hydrogen-bond donors (Lipinski definition) is 2. The van der Waals surface area contributed by atoms with Gasteiger partial charge in [-0.2, -0.15) is 0 Å². The van der Waals surface area contributed by atoms with E-state index in [-0.39, 0.29) is 17.7 Å². The van der Waals surface area contributed by atoms with Crippen molar-refractivity contribution in [2.75, 3.05) is 6.61 Å². The number of benzene rings is 3. The summed E-state index contributed by atoms with van der Waals surface area (Å²) in [6.45, 7) is -0.355. The molecule has 0 aromatic heterocycles. The molecule has 3 aromatic carbocycles. The van der Waals surface area contributed by atoms with Crippen LogP contribution in [0.1, 0.15) is 16.7 Å². The number of carbonyl (C=O) groups excluding carboxylic acids is 1. The Hall–Kier alpha value is -3.51. The van der Waals surface area contributed by atoms with Gasteiger partial charge in [0.25, 0.3) is 0 Å². The van der Waals surface area contributed by atoms with Crippen LogP contribution in [0.5, 0.6) is 0 Å². The van der Waals surface area contributed by atoms with Gasteiger partial charge in [0, 0.05) is 16.7 Å². The molecule has 4 nitrogen and oxygen atoms in total. The summed E-state index contributed by atoms with van der Waals surface area (Å²) in [5.41, 5.74) is -1.76. The van der Waals surface area contributed by atoms with Crippen LogP contribution in [0.3, 0.4) is 0 Å². The molecule has 3 aromatic rings. The highest BCUT2D eigenvalue weighted by atomic mass is 19.1. The summed E-state index contributed by atoms with van der Waals surface area (Å²) in [5, 5.41) is 20.7. The van der Waals surface area contributed by atoms with Crippen molar-refractivity contribution in [3.8, 4) is 0 Å². The van der Waals surface area contributed by atoms with Crippen molar-refractivity contribution in [2.24, 2.45) is 0 Å². The highest BCUT2D eigenvalue weighted by Crippen LogP contribution is 2.32. The van der Waals surface area contributed by atoms with Crippen LogP contribution in [-0.2, 0) is 15.1 Å². The fourth-order valence-electron chi connectivity index (χ4n) is 2.92. The van der Waals surface area contributed by atoms with E-state index in [0.29, 0.717) is 11.1 Å². The number of esters is 1. The summed E-state index contributed by atoms with van der Waals surface area (Å²) in [7, 11) is 0. The lowest BCUT2D eigenvalue weighted by Crippen LogP contribution is -2.39. The molecule has 29 heavy (non-hydrogen) atoms. The van der Waals surface area contributed by atoms with Gasteiger partial charge in [-0.05, 0) is 29.8 Å². The maximum absolute atomic E-state index is 13.8. The molecular formula is C23H18F2O4. The quantitative estimate of drug-likeness (QED) is 0.480. The smallest absolute Gasteiger partial charge is 0.348 e. The third-order valence-electron chi connectivity index (χ3n) is 4.44. The number of ether oxygens (including phenoxy) is 1. The van der Waals surface area contributed by atoms with Gasteiger partial charge in [-0.15, -0.1) is 0 Å². The topological polar surface area (TPSA) is 66.8 Å². The molecule has 0 aliphatic heterocycles. The van der Waals surface area contributed by atoms with E-state index < -0.39 is 23.2 Å². The van der Waals surface area contributed by atoms with Gasteiger partial charge in [-0.25, -0.2) is 13.6 Å². The van der Waals surface area contributed by atoms with Gasteiger partial charge in [-0.3, -0.25) is 0 Å². The first-order valence-electron chi connectivity index (χ1n) is 8.75. The van der Waals surface area contributed by atoms with Crippen LogP contribution in [0.15, 0.2) is 85.1 Å². The van der Waals surface area contributed by atoms with E-state index in [9.17, 15) is 23.8 Å². The van der Waals surface area contributed by atoms with Crippen LogP contribution in [-0.4, -0.2) is 22.8 Å². The zero-order chi connectivity index (χ0) is 20.9. The molecule has 2 N–H and O–H groups in total. The van der Waals surface area contributed by atoms with Crippen molar-refractivity contribution in [3.05, 3.63) is 113 Å². The van der Waals surface area contributed by atoms with Crippen molar-refractivity contribution in [2.45, 2.75) is 5.60 Å². The Morgan fingerprint density at radius 2 is 1.45 bits per heavy atom. The zero-order valence-electron chi connectivity index (χ0n) is 15.3. The Balaban J connectivity index is 1.95. The minimum absolute atomic E-state index is 0.109. The highest BCUT2D eigenvalue weighted by molar-refractivity contribution is 5.86. The SMILES string of the molecule is O=C(OCC(=CO)c1ccccc1)C(O)(c1cccc(F)c1)c1cccc(F)c1. The Morgan fingerprint density at radius 1 is 0.897 bits per heavy atom.